The predicted octanol–water partition coefficient (Wildman–Crippen LogP) is 2.54. The molecule has 2 rings (SSSR count). The van der Waals surface area contributed by atoms with Gasteiger partial charge in [-0.3, -0.25) is 0 Å². The van der Waals surface area contributed by atoms with Gasteiger partial charge in [-0.2, -0.15) is 0 Å². The molecule has 2 unspecified atom stereocenters. The zero-order valence-electron chi connectivity index (χ0n) is 9.45. The minimum Gasteiger partial charge on any atom is -0.494 e. The molecule has 16 heavy (non-hydrogen) atoms. The highest BCUT2D eigenvalue weighted by atomic mass is 19.1. The van der Waals surface area contributed by atoms with Crippen LogP contribution in [-0.2, 0) is 6.42 Å². The maximum absolute atomic E-state index is 13.4. The molecule has 3 heteroatoms. The lowest BCUT2D eigenvalue weighted by atomic mass is 9.96. The molecule has 2 nitrogen and oxygen atoms in total. The molecule has 0 heterocycles. The van der Waals surface area contributed by atoms with E-state index in [-0.39, 0.29) is 23.6 Å². The van der Waals surface area contributed by atoms with Crippen LogP contribution in [0.5, 0.6) is 5.75 Å². The lowest BCUT2D eigenvalue weighted by Gasteiger charge is -2.14. The second-order valence-electron chi connectivity index (χ2n) is 4.43. The van der Waals surface area contributed by atoms with E-state index in [1.807, 2.05) is 6.07 Å². The molecule has 0 bridgehead atoms. The summed E-state index contributed by atoms with van der Waals surface area (Å²) in [5.74, 6) is 0.232. The maximum atomic E-state index is 13.4. The molecular formula is C13H17FO2. The summed E-state index contributed by atoms with van der Waals surface area (Å²) < 4.78 is 18.3. The molecule has 1 aromatic carbocycles. The van der Waals surface area contributed by atoms with Crippen molar-refractivity contribution in [1.82, 2.24) is 0 Å². The Morgan fingerprint density at radius 2 is 2.25 bits per heavy atom. The summed E-state index contributed by atoms with van der Waals surface area (Å²) in [6.07, 6.45) is 3.52. The topological polar surface area (TPSA) is 29.5 Å². The number of hydrogen-bond acceptors (Lipinski definition) is 2. The fourth-order valence-electron chi connectivity index (χ4n) is 2.39. The van der Waals surface area contributed by atoms with E-state index in [4.69, 9.17) is 4.74 Å². The highest BCUT2D eigenvalue weighted by Gasteiger charge is 2.25. The summed E-state index contributed by atoms with van der Waals surface area (Å²) >= 11 is 0. The first kappa shape index (κ1) is 11.4. The smallest absolute Gasteiger partial charge is 0.165 e. The fourth-order valence-corrected chi connectivity index (χ4v) is 2.39. The second kappa shape index (κ2) is 4.83. The third kappa shape index (κ3) is 2.35. The molecule has 0 saturated heterocycles. The van der Waals surface area contributed by atoms with Crippen LogP contribution in [0, 0.1) is 11.7 Å². The van der Waals surface area contributed by atoms with Crippen LogP contribution in [0.15, 0.2) is 18.2 Å². The van der Waals surface area contributed by atoms with E-state index in [0.717, 1.165) is 31.2 Å². The third-order valence-corrected chi connectivity index (χ3v) is 3.33. The number of ether oxygens (including phenoxy) is 1. The van der Waals surface area contributed by atoms with Crippen LogP contribution in [0.3, 0.4) is 0 Å². The SMILES string of the molecule is COc1ccc(CC2CCCC2O)cc1F. The van der Waals surface area contributed by atoms with Crippen LogP contribution in [0.25, 0.3) is 0 Å². The van der Waals surface area contributed by atoms with Gasteiger partial charge in [-0.05, 0) is 42.9 Å². The van der Waals surface area contributed by atoms with Gasteiger partial charge in [-0.25, -0.2) is 4.39 Å². The summed E-state index contributed by atoms with van der Waals surface area (Å²) in [5, 5.41) is 9.70. The van der Waals surface area contributed by atoms with Crippen molar-refractivity contribution in [2.24, 2.45) is 5.92 Å². The normalized spacial score (nSPS) is 24.7. The molecule has 1 aliphatic carbocycles. The van der Waals surface area contributed by atoms with Crippen molar-refractivity contribution in [3.05, 3.63) is 29.6 Å². The van der Waals surface area contributed by atoms with E-state index in [2.05, 4.69) is 0 Å². The van der Waals surface area contributed by atoms with Crippen molar-refractivity contribution in [3.63, 3.8) is 0 Å². The van der Waals surface area contributed by atoms with Crippen molar-refractivity contribution in [2.45, 2.75) is 31.8 Å². The summed E-state index contributed by atoms with van der Waals surface area (Å²) in [6.45, 7) is 0. The quantitative estimate of drug-likeness (QED) is 0.855. The number of halogens is 1. The molecule has 0 aromatic heterocycles. The highest BCUT2D eigenvalue weighted by molar-refractivity contribution is 5.29. The Morgan fingerprint density at radius 3 is 2.81 bits per heavy atom. The van der Waals surface area contributed by atoms with E-state index in [9.17, 15) is 9.50 Å². The number of hydrogen-bond donors (Lipinski definition) is 1. The molecule has 0 radical (unpaired) electrons. The van der Waals surface area contributed by atoms with Gasteiger partial charge in [-0.15, -0.1) is 0 Å². The molecule has 0 aliphatic heterocycles. The van der Waals surface area contributed by atoms with E-state index >= 15 is 0 Å². The number of rotatable bonds is 3. The van der Waals surface area contributed by atoms with E-state index < -0.39 is 0 Å². The van der Waals surface area contributed by atoms with Crippen LogP contribution < -0.4 is 4.74 Å². The van der Waals surface area contributed by atoms with Crippen molar-refractivity contribution in [2.75, 3.05) is 7.11 Å². The number of benzene rings is 1. The van der Waals surface area contributed by atoms with Gasteiger partial charge in [0.2, 0.25) is 0 Å². The van der Waals surface area contributed by atoms with Gasteiger partial charge in [-0.1, -0.05) is 12.5 Å². The van der Waals surface area contributed by atoms with Gasteiger partial charge in [0.25, 0.3) is 0 Å². The zero-order valence-corrected chi connectivity index (χ0v) is 9.45. The zero-order chi connectivity index (χ0) is 11.5. The summed E-state index contributed by atoms with van der Waals surface area (Å²) in [7, 11) is 1.46. The Labute approximate surface area is 95.1 Å². The summed E-state index contributed by atoms with van der Waals surface area (Å²) in [5.41, 5.74) is 0.934. The van der Waals surface area contributed by atoms with Crippen LogP contribution in [0.2, 0.25) is 0 Å². The Kier molecular flexibility index (Phi) is 3.44. The van der Waals surface area contributed by atoms with Gasteiger partial charge in [0.1, 0.15) is 0 Å². The lowest BCUT2D eigenvalue weighted by molar-refractivity contribution is 0.132. The van der Waals surface area contributed by atoms with Gasteiger partial charge in [0.05, 0.1) is 13.2 Å². The van der Waals surface area contributed by atoms with Gasteiger partial charge < -0.3 is 9.84 Å². The highest BCUT2D eigenvalue weighted by Crippen LogP contribution is 2.29. The predicted molar refractivity (Wildman–Crippen MR) is 60.0 cm³/mol. The van der Waals surface area contributed by atoms with Crippen molar-refractivity contribution >= 4 is 0 Å². The average Bonchev–Trinajstić information content (AvgIpc) is 2.65. The Bertz CT molecular complexity index is 365. The van der Waals surface area contributed by atoms with E-state index in [1.165, 1.54) is 13.2 Å². The maximum Gasteiger partial charge on any atom is 0.165 e. The average molecular weight is 224 g/mol. The molecular weight excluding hydrogens is 207 g/mol. The molecule has 1 aliphatic rings. The van der Waals surface area contributed by atoms with Crippen LogP contribution in [0.4, 0.5) is 4.39 Å². The van der Waals surface area contributed by atoms with Crippen LogP contribution >= 0.6 is 0 Å². The first-order valence-electron chi connectivity index (χ1n) is 5.71. The second-order valence-corrected chi connectivity index (χ2v) is 4.43. The molecule has 1 saturated carbocycles. The minimum atomic E-state index is -0.326. The molecule has 0 spiro atoms. The molecule has 1 aromatic rings. The minimum absolute atomic E-state index is 0.217. The number of methoxy groups -OCH3 is 1. The van der Waals surface area contributed by atoms with E-state index in [1.54, 1.807) is 6.07 Å². The van der Waals surface area contributed by atoms with Gasteiger partial charge >= 0.3 is 0 Å². The Morgan fingerprint density at radius 1 is 1.44 bits per heavy atom. The van der Waals surface area contributed by atoms with Crippen molar-refractivity contribution in [3.8, 4) is 5.75 Å². The summed E-state index contributed by atoms with van der Waals surface area (Å²) in [6, 6.07) is 5.02. The molecule has 0 amide bonds. The standard InChI is InChI=1S/C13H17FO2/c1-16-13-6-5-9(8-11(13)14)7-10-3-2-4-12(10)15/h5-6,8,10,12,15H,2-4,7H2,1H3. The van der Waals surface area contributed by atoms with Crippen molar-refractivity contribution < 1.29 is 14.2 Å². The van der Waals surface area contributed by atoms with Gasteiger partial charge in [0, 0.05) is 0 Å². The Balaban J connectivity index is 2.07. The largest absolute Gasteiger partial charge is 0.494 e. The van der Waals surface area contributed by atoms with Crippen LogP contribution in [-0.4, -0.2) is 18.3 Å². The molecule has 1 N–H and O–H groups in total. The lowest BCUT2D eigenvalue weighted by Crippen LogP contribution is -2.15. The molecule has 2 atom stereocenters. The molecule has 1 fully saturated rings. The monoisotopic (exact) mass is 224 g/mol. The Hall–Kier alpha value is -1.09. The van der Waals surface area contributed by atoms with Gasteiger partial charge in [0.15, 0.2) is 11.6 Å². The summed E-state index contributed by atoms with van der Waals surface area (Å²) in [4.78, 5) is 0. The first-order valence-corrected chi connectivity index (χ1v) is 5.71. The molecule has 88 valence electrons. The van der Waals surface area contributed by atoms with Crippen LogP contribution in [0.1, 0.15) is 24.8 Å². The van der Waals surface area contributed by atoms with Crippen molar-refractivity contribution in [1.29, 1.82) is 0 Å². The third-order valence-electron chi connectivity index (χ3n) is 3.33. The number of aliphatic hydroxyl groups excluding tert-OH is 1. The number of aliphatic hydroxyl groups is 1. The first-order chi connectivity index (χ1) is 7.70. The fraction of sp³-hybridized carbons (Fsp3) is 0.538. The van der Waals surface area contributed by atoms with E-state index in [0.29, 0.717) is 0 Å².